The number of nitrogen functional groups attached to an aromatic ring is 2. The maximum atomic E-state index is 5.96. The van der Waals surface area contributed by atoms with Crippen molar-refractivity contribution >= 4 is 17.1 Å². The molecule has 0 atom stereocenters. The predicted molar refractivity (Wildman–Crippen MR) is 90.1 cm³/mol. The lowest BCUT2D eigenvalue weighted by atomic mass is 9.96. The molecule has 0 radical (unpaired) electrons. The molecule has 2 aromatic carbocycles. The summed E-state index contributed by atoms with van der Waals surface area (Å²) in [6.45, 7) is 0. The molecule has 0 saturated carbocycles. The zero-order valence-corrected chi connectivity index (χ0v) is 11.6. The third-order valence-corrected chi connectivity index (χ3v) is 3.38. The summed E-state index contributed by atoms with van der Waals surface area (Å²) in [4.78, 5) is 0. The van der Waals surface area contributed by atoms with Crippen LogP contribution in [0, 0.1) is 0 Å². The summed E-state index contributed by atoms with van der Waals surface area (Å²) in [5.74, 6) is 0. The van der Waals surface area contributed by atoms with Gasteiger partial charge in [-0.25, -0.2) is 0 Å². The highest BCUT2D eigenvalue weighted by molar-refractivity contribution is 5.84. The molecule has 0 fully saturated rings. The molecule has 1 aliphatic rings. The molecule has 2 aromatic rings. The van der Waals surface area contributed by atoms with Gasteiger partial charge >= 0.3 is 0 Å². The molecule has 0 aliphatic carbocycles. The van der Waals surface area contributed by atoms with Gasteiger partial charge in [0.2, 0.25) is 0 Å². The molecule has 0 spiro atoms. The van der Waals surface area contributed by atoms with Gasteiger partial charge in [0.15, 0.2) is 0 Å². The Labute approximate surface area is 124 Å². The van der Waals surface area contributed by atoms with Crippen LogP contribution in [-0.4, -0.2) is 0 Å². The Kier molecular flexibility index (Phi) is 3.48. The molecule has 3 rings (SSSR count). The first-order valence-electron chi connectivity index (χ1n) is 6.80. The van der Waals surface area contributed by atoms with E-state index in [1.165, 1.54) is 0 Å². The maximum absolute atomic E-state index is 5.96. The highest BCUT2D eigenvalue weighted by Crippen LogP contribution is 2.30. The van der Waals surface area contributed by atoms with Crippen molar-refractivity contribution in [3.8, 4) is 11.1 Å². The Bertz CT molecular complexity index is 738. The zero-order valence-electron chi connectivity index (χ0n) is 11.6. The van der Waals surface area contributed by atoms with Gasteiger partial charge in [-0.05, 0) is 47.5 Å². The van der Waals surface area contributed by atoms with Gasteiger partial charge in [0.1, 0.15) is 0 Å². The second kappa shape index (κ2) is 5.59. The number of allylic oxidation sites excluding steroid dienone is 4. The summed E-state index contributed by atoms with van der Waals surface area (Å²) in [5.41, 5.74) is 17.5. The zero-order chi connectivity index (χ0) is 14.7. The Morgan fingerprint density at radius 2 is 1.48 bits per heavy atom. The van der Waals surface area contributed by atoms with E-state index in [9.17, 15) is 0 Å². The fourth-order valence-electron chi connectivity index (χ4n) is 2.32. The first-order chi connectivity index (χ1) is 10.2. The second-order valence-electron chi connectivity index (χ2n) is 4.90. The van der Waals surface area contributed by atoms with Crippen molar-refractivity contribution in [1.82, 2.24) is 5.32 Å². The monoisotopic (exact) mass is 275 g/mol. The normalized spacial score (nSPS) is 13.4. The molecule has 0 saturated heterocycles. The molecule has 1 heterocycles. The summed E-state index contributed by atoms with van der Waals surface area (Å²) in [6.07, 6.45) is 9.89. The second-order valence-corrected chi connectivity index (χ2v) is 4.90. The molecule has 21 heavy (non-hydrogen) atoms. The molecule has 3 heteroatoms. The number of benzene rings is 2. The van der Waals surface area contributed by atoms with E-state index in [4.69, 9.17) is 11.5 Å². The average Bonchev–Trinajstić information content (AvgIpc) is 2.77. The van der Waals surface area contributed by atoms with Gasteiger partial charge in [-0.3, -0.25) is 0 Å². The Balaban J connectivity index is 2.13. The SMILES string of the molecule is Nc1ccc(-c2ccc(N)cc2C2=CC=CC=CN2)cc1. The van der Waals surface area contributed by atoms with Crippen molar-refractivity contribution in [3.63, 3.8) is 0 Å². The first kappa shape index (κ1) is 13.1. The van der Waals surface area contributed by atoms with Gasteiger partial charge in [0.05, 0.1) is 0 Å². The van der Waals surface area contributed by atoms with E-state index in [1.807, 2.05) is 73.0 Å². The summed E-state index contributed by atoms with van der Waals surface area (Å²) in [7, 11) is 0. The molecule has 0 bridgehead atoms. The molecular weight excluding hydrogens is 258 g/mol. The molecule has 0 amide bonds. The number of anilines is 2. The van der Waals surface area contributed by atoms with E-state index >= 15 is 0 Å². The van der Waals surface area contributed by atoms with E-state index in [2.05, 4.69) is 5.32 Å². The van der Waals surface area contributed by atoms with Crippen LogP contribution in [0.1, 0.15) is 5.56 Å². The Morgan fingerprint density at radius 1 is 0.714 bits per heavy atom. The summed E-state index contributed by atoms with van der Waals surface area (Å²) in [6, 6.07) is 13.8. The minimum atomic E-state index is 0.740. The summed E-state index contributed by atoms with van der Waals surface area (Å²) in [5, 5.41) is 3.28. The van der Waals surface area contributed by atoms with Gasteiger partial charge in [0, 0.05) is 28.8 Å². The average molecular weight is 275 g/mol. The van der Waals surface area contributed by atoms with Gasteiger partial charge in [-0.1, -0.05) is 30.4 Å². The van der Waals surface area contributed by atoms with Crippen molar-refractivity contribution in [1.29, 1.82) is 0 Å². The lowest BCUT2D eigenvalue weighted by Gasteiger charge is -2.14. The van der Waals surface area contributed by atoms with Crippen LogP contribution in [0.4, 0.5) is 11.4 Å². The van der Waals surface area contributed by atoms with Crippen molar-refractivity contribution in [2.45, 2.75) is 0 Å². The van der Waals surface area contributed by atoms with E-state index in [0.717, 1.165) is 33.8 Å². The fraction of sp³-hybridized carbons (Fsp3) is 0. The topological polar surface area (TPSA) is 64.1 Å². The van der Waals surface area contributed by atoms with Crippen LogP contribution in [0.3, 0.4) is 0 Å². The number of nitrogens with two attached hydrogens (primary N) is 2. The van der Waals surface area contributed by atoms with E-state index < -0.39 is 0 Å². The van der Waals surface area contributed by atoms with Gasteiger partial charge in [0.25, 0.3) is 0 Å². The van der Waals surface area contributed by atoms with Crippen molar-refractivity contribution < 1.29 is 0 Å². The van der Waals surface area contributed by atoms with Crippen LogP contribution >= 0.6 is 0 Å². The largest absolute Gasteiger partial charge is 0.399 e. The summed E-state index contributed by atoms with van der Waals surface area (Å²) < 4.78 is 0. The van der Waals surface area contributed by atoms with E-state index in [-0.39, 0.29) is 0 Å². The van der Waals surface area contributed by atoms with Crippen LogP contribution in [-0.2, 0) is 0 Å². The van der Waals surface area contributed by atoms with Gasteiger partial charge in [-0.2, -0.15) is 0 Å². The number of nitrogens with one attached hydrogen (secondary N) is 1. The molecule has 0 unspecified atom stereocenters. The van der Waals surface area contributed by atoms with Crippen molar-refractivity contribution in [3.05, 3.63) is 78.5 Å². The van der Waals surface area contributed by atoms with Crippen molar-refractivity contribution in [2.75, 3.05) is 11.5 Å². The van der Waals surface area contributed by atoms with Gasteiger partial charge in [-0.15, -0.1) is 0 Å². The van der Waals surface area contributed by atoms with Gasteiger partial charge < -0.3 is 16.8 Å². The first-order valence-corrected chi connectivity index (χ1v) is 6.80. The highest BCUT2D eigenvalue weighted by atomic mass is 14.9. The lowest BCUT2D eigenvalue weighted by Crippen LogP contribution is -2.05. The smallest absolute Gasteiger partial charge is 0.0460 e. The lowest BCUT2D eigenvalue weighted by molar-refractivity contribution is 1.22. The fourth-order valence-corrected chi connectivity index (χ4v) is 2.32. The maximum Gasteiger partial charge on any atom is 0.0460 e. The third-order valence-electron chi connectivity index (χ3n) is 3.38. The quantitative estimate of drug-likeness (QED) is 0.735. The Hall–Kier alpha value is -2.94. The molecule has 3 nitrogen and oxygen atoms in total. The minimum absolute atomic E-state index is 0.740. The van der Waals surface area contributed by atoms with Crippen LogP contribution in [0.15, 0.2) is 73.0 Å². The predicted octanol–water partition coefficient (Wildman–Crippen LogP) is 3.53. The van der Waals surface area contributed by atoms with E-state index in [0.29, 0.717) is 0 Å². The number of rotatable bonds is 2. The molecular formula is C18H17N3. The molecule has 0 aromatic heterocycles. The van der Waals surface area contributed by atoms with Crippen LogP contribution < -0.4 is 16.8 Å². The van der Waals surface area contributed by atoms with E-state index in [1.54, 1.807) is 0 Å². The van der Waals surface area contributed by atoms with Crippen LogP contribution in [0.2, 0.25) is 0 Å². The highest BCUT2D eigenvalue weighted by Gasteiger charge is 2.10. The molecule has 5 N–H and O–H groups in total. The summed E-state index contributed by atoms with van der Waals surface area (Å²) >= 11 is 0. The molecule has 104 valence electrons. The number of hydrogen-bond acceptors (Lipinski definition) is 3. The molecule has 1 aliphatic heterocycles. The van der Waals surface area contributed by atoms with Crippen LogP contribution in [0.25, 0.3) is 16.8 Å². The van der Waals surface area contributed by atoms with Crippen LogP contribution in [0.5, 0.6) is 0 Å². The standard InChI is InChI=1S/C18H17N3/c19-14-7-5-13(6-8-14)16-10-9-15(20)12-17(16)18-4-2-1-3-11-21-18/h1-12,21H,19-20H2. The minimum Gasteiger partial charge on any atom is -0.399 e. The number of hydrogen-bond donors (Lipinski definition) is 3. The van der Waals surface area contributed by atoms with Crippen molar-refractivity contribution in [2.24, 2.45) is 0 Å². The Morgan fingerprint density at radius 3 is 2.29 bits per heavy atom. The third kappa shape index (κ3) is 2.82.